The van der Waals surface area contributed by atoms with Crippen LogP contribution in [0.3, 0.4) is 0 Å². The van der Waals surface area contributed by atoms with E-state index in [1.54, 1.807) is 6.92 Å². The van der Waals surface area contributed by atoms with E-state index in [9.17, 15) is 25.0 Å². The van der Waals surface area contributed by atoms with Gasteiger partial charge >= 0.3 is 11.4 Å². The molecule has 0 atom stereocenters. The Morgan fingerprint density at radius 2 is 1.78 bits per heavy atom. The number of carbonyl (C=O) groups is 1. The van der Waals surface area contributed by atoms with Gasteiger partial charge in [0, 0.05) is 18.7 Å². The van der Waals surface area contributed by atoms with Crippen LogP contribution in [0.4, 0.5) is 17.1 Å². The monoisotopic (exact) mass is 254 g/mol. The molecular weight excluding hydrogens is 244 g/mol. The van der Waals surface area contributed by atoms with Crippen molar-refractivity contribution in [1.29, 1.82) is 0 Å². The van der Waals surface area contributed by atoms with E-state index in [2.05, 4.69) is 5.32 Å². The van der Waals surface area contributed by atoms with Crippen molar-refractivity contribution < 1.29 is 14.6 Å². The zero-order valence-electron chi connectivity index (χ0n) is 9.37. The standard InChI is InChI=1S/C9H10N4O5/c1-2-11-6-4-8(13(17)18)7(12(15)16)3-5(6)9(10)14/h3-4,11H,2H2,1H3,(H2,10,14). The molecule has 0 saturated carbocycles. The van der Waals surface area contributed by atoms with Crippen molar-refractivity contribution in [3.05, 3.63) is 37.9 Å². The van der Waals surface area contributed by atoms with Gasteiger partial charge in [-0.25, -0.2) is 0 Å². The number of primary amides is 1. The van der Waals surface area contributed by atoms with Gasteiger partial charge in [-0.15, -0.1) is 0 Å². The molecule has 3 N–H and O–H groups in total. The molecular formula is C9H10N4O5. The first-order valence-electron chi connectivity index (χ1n) is 4.89. The molecule has 0 radical (unpaired) electrons. The van der Waals surface area contributed by atoms with Crippen molar-refractivity contribution in [2.45, 2.75) is 6.92 Å². The molecule has 1 rings (SSSR count). The first-order valence-corrected chi connectivity index (χ1v) is 4.89. The average Bonchev–Trinajstić information content (AvgIpc) is 2.28. The number of nitrogens with two attached hydrogens (primary N) is 1. The summed E-state index contributed by atoms with van der Waals surface area (Å²) in [6.07, 6.45) is 0. The van der Waals surface area contributed by atoms with Gasteiger partial charge in [0.15, 0.2) is 0 Å². The van der Waals surface area contributed by atoms with Crippen LogP contribution < -0.4 is 11.1 Å². The van der Waals surface area contributed by atoms with E-state index in [1.165, 1.54) is 0 Å². The van der Waals surface area contributed by atoms with Crippen molar-refractivity contribution in [1.82, 2.24) is 0 Å². The van der Waals surface area contributed by atoms with Gasteiger partial charge in [0.1, 0.15) is 0 Å². The Morgan fingerprint density at radius 1 is 1.28 bits per heavy atom. The minimum absolute atomic E-state index is 0.0994. The van der Waals surface area contributed by atoms with Crippen molar-refractivity contribution >= 4 is 23.0 Å². The number of rotatable bonds is 5. The van der Waals surface area contributed by atoms with Crippen LogP contribution in [0.1, 0.15) is 17.3 Å². The Bertz CT molecular complexity index is 528. The Balaban J connectivity index is 3.54. The van der Waals surface area contributed by atoms with Crippen molar-refractivity contribution in [2.24, 2.45) is 5.73 Å². The third kappa shape index (κ3) is 2.51. The number of hydrogen-bond donors (Lipinski definition) is 2. The number of nitrogens with zero attached hydrogens (tertiary/aromatic N) is 2. The summed E-state index contributed by atoms with van der Waals surface area (Å²) in [6, 6.07) is 1.74. The van der Waals surface area contributed by atoms with E-state index in [0.29, 0.717) is 6.54 Å². The van der Waals surface area contributed by atoms with Gasteiger partial charge in [0.2, 0.25) is 0 Å². The van der Waals surface area contributed by atoms with Crippen LogP contribution in [0.25, 0.3) is 0 Å². The Labute approximate surface area is 101 Å². The number of nitro benzene ring substituents is 2. The second kappa shape index (κ2) is 5.08. The lowest BCUT2D eigenvalue weighted by atomic mass is 10.1. The Hall–Kier alpha value is -2.71. The predicted octanol–water partition coefficient (Wildman–Crippen LogP) is 1.03. The fourth-order valence-electron chi connectivity index (χ4n) is 1.41. The smallest absolute Gasteiger partial charge is 0.348 e. The van der Waals surface area contributed by atoms with E-state index < -0.39 is 27.1 Å². The fraction of sp³-hybridized carbons (Fsp3) is 0.222. The van der Waals surface area contributed by atoms with E-state index in [0.717, 1.165) is 12.1 Å². The highest BCUT2D eigenvalue weighted by atomic mass is 16.6. The summed E-state index contributed by atoms with van der Waals surface area (Å²) in [5, 5.41) is 24.1. The maximum atomic E-state index is 11.1. The number of anilines is 1. The van der Waals surface area contributed by atoms with Crippen LogP contribution in [0, 0.1) is 20.2 Å². The van der Waals surface area contributed by atoms with Crippen LogP contribution in [-0.2, 0) is 0 Å². The van der Waals surface area contributed by atoms with Crippen molar-refractivity contribution in [3.8, 4) is 0 Å². The maximum absolute atomic E-state index is 11.1. The molecule has 1 aromatic carbocycles. The molecule has 0 saturated heterocycles. The first kappa shape index (κ1) is 13.4. The summed E-state index contributed by atoms with van der Waals surface area (Å²) in [7, 11) is 0. The number of benzene rings is 1. The third-order valence-corrected chi connectivity index (χ3v) is 2.14. The molecule has 0 aromatic heterocycles. The number of carbonyl (C=O) groups excluding carboxylic acids is 1. The zero-order chi connectivity index (χ0) is 13.9. The highest BCUT2D eigenvalue weighted by molar-refractivity contribution is 6.00. The van der Waals surface area contributed by atoms with Gasteiger partial charge in [-0.3, -0.25) is 25.0 Å². The van der Waals surface area contributed by atoms with Crippen molar-refractivity contribution in [3.63, 3.8) is 0 Å². The second-order valence-electron chi connectivity index (χ2n) is 3.30. The SMILES string of the molecule is CCNc1cc([N+](=O)[O-])c([N+](=O)[O-])cc1C(N)=O. The summed E-state index contributed by atoms with van der Waals surface area (Å²) in [5.74, 6) is -0.899. The van der Waals surface area contributed by atoms with E-state index in [1.807, 2.05) is 0 Å². The molecule has 9 heteroatoms. The summed E-state index contributed by atoms with van der Waals surface area (Å²) >= 11 is 0. The number of nitrogens with one attached hydrogen (secondary N) is 1. The largest absolute Gasteiger partial charge is 0.384 e. The highest BCUT2D eigenvalue weighted by Gasteiger charge is 2.28. The lowest BCUT2D eigenvalue weighted by Crippen LogP contribution is -2.15. The van der Waals surface area contributed by atoms with Crippen LogP contribution in [0.15, 0.2) is 12.1 Å². The molecule has 0 spiro atoms. The molecule has 1 aromatic rings. The molecule has 0 aliphatic carbocycles. The maximum Gasteiger partial charge on any atom is 0.348 e. The molecule has 0 heterocycles. The molecule has 0 bridgehead atoms. The van der Waals surface area contributed by atoms with Gasteiger partial charge < -0.3 is 11.1 Å². The molecule has 0 unspecified atom stereocenters. The van der Waals surface area contributed by atoms with Crippen LogP contribution >= 0.6 is 0 Å². The minimum Gasteiger partial charge on any atom is -0.384 e. The summed E-state index contributed by atoms with van der Waals surface area (Å²) in [6.45, 7) is 2.09. The van der Waals surface area contributed by atoms with Gasteiger partial charge in [-0.2, -0.15) is 0 Å². The molecule has 0 aliphatic rings. The Morgan fingerprint density at radius 3 is 2.17 bits per heavy atom. The fourth-order valence-corrected chi connectivity index (χ4v) is 1.41. The first-order chi connectivity index (χ1) is 8.38. The van der Waals surface area contributed by atoms with Crippen molar-refractivity contribution in [2.75, 3.05) is 11.9 Å². The van der Waals surface area contributed by atoms with E-state index in [4.69, 9.17) is 5.73 Å². The molecule has 0 aliphatic heterocycles. The molecule has 0 fully saturated rings. The number of hydrogen-bond acceptors (Lipinski definition) is 6. The van der Waals surface area contributed by atoms with Gasteiger partial charge in [-0.1, -0.05) is 0 Å². The summed E-state index contributed by atoms with van der Waals surface area (Å²) in [5.41, 5.74) is 3.55. The normalized spacial score (nSPS) is 9.83. The van der Waals surface area contributed by atoms with Gasteiger partial charge in [-0.05, 0) is 6.92 Å². The second-order valence-corrected chi connectivity index (χ2v) is 3.30. The van der Waals surface area contributed by atoms with Gasteiger partial charge in [0.25, 0.3) is 5.91 Å². The molecule has 18 heavy (non-hydrogen) atoms. The van der Waals surface area contributed by atoms with Gasteiger partial charge in [0.05, 0.1) is 21.1 Å². The lowest BCUT2D eigenvalue weighted by molar-refractivity contribution is -0.422. The number of amides is 1. The van der Waals surface area contributed by atoms with E-state index in [-0.39, 0.29) is 11.3 Å². The van der Waals surface area contributed by atoms with E-state index >= 15 is 0 Å². The topological polar surface area (TPSA) is 141 Å². The molecule has 9 nitrogen and oxygen atoms in total. The molecule has 96 valence electrons. The highest BCUT2D eigenvalue weighted by Crippen LogP contribution is 2.32. The zero-order valence-corrected chi connectivity index (χ0v) is 9.37. The predicted molar refractivity (Wildman–Crippen MR) is 62.4 cm³/mol. The lowest BCUT2D eigenvalue weighted by Gasteiger charge is -2.07. The quantitative estimate of drug-likeness (QED) is 0.593. The van der Waals surface area contributed by atoms with Crippen LogP contribution in [0.5, 0.6) is 0 Å². The third-order valence-electron chi connectivity index (χ3n) is 2.14. The van der Waals surface area contributed by atoms with Crippen LogP contribution in [-0.4, -0.2) is 22.3 Å². The van der Waals surface area contributed by atoms with Crippen LogP contribution in [0.2, 0.25) is 0 Å². The minimum atomic E-state index is -0.930. The average molecular weight is 254 g/mol. The number of nitro groups is 2. The molecule has 1 amide bonds. The summed E-state index contributed by atoms with van der Waals surface area (Å²) < 4.78 is 0. The summed E-state index contributed by atoms with van der Waals surface area (Å²) in [4.78, 5) is 30.7. The Kier molecular flexibility index (Phi) is 3.77.